The van der Waals surface area contributed by atoms with Gasteiger partial charge in [-0.3, -0.25) is 9.59 Å². The van der Waals surface area contributed by atoms with E-state index in [4.69, 9.17) is 4.74 Å². The quantitative estimate of drug-likeness (QED) is 0.439. The van der Waals surface area contributed by atoms with E-state index in [1.807, 2.05) is 48.5 Å². The maximum absolute atomic E-state index is 13.1. The Labute approximate surface area is 212 Å². The van der Waals surface area contributed by atoms with E-state index in [9.17, 15) is 9.59 Å². The number of likely N-dealkylation sites (N-methyl/N-ethyl adjacent to an activating group) is 1. The van der Waals surface area contributed by atoms with E-state index in [1.54, 1.807) is 19.1 Å². The number of anilines is 1. The lowest BCUT2D eigenvalue weighted by Crippen LogP contribution is -2.40. The first kappa shape index (κ1) is 25.3. The second-order valence-corrected chi connectivity index (χ2v) is 10.8. The predicted molar refractivity (Wildman–Crippen MR) is 143 cm³/mol. The lowest BCUT2D eigenvalue weighted by Gasteiger charge is -2.34. The van der Waals surface area contributed by atoms with Crippen LogP contribution in [-0.2, 0) is 4.79 Å². The van der Waals surface area contributed by atoms with Crippen LogP contribution in [0.2, 0.25) is 0 Å². The molecule has 0 spiro atoms. The zero-order valence-electron chi connectivity index (χ0n) is 21.0. The summed E-state index contributed by atoms with van der Waals surface area (Å²) < 4.78 is 5.42. The van der Waals surface area contributed by atoms with Crippen molar-refractivity contribution in [1.29, 1.82) is 0 Å². The Bertz CT molecular complexity index is 1110. The average Bonchev–Trinajstić information content (AvgIpc) is 2.84. The molecule has 0 unspecified atom stereocenters. The highest BCUT2D eigenvalue weighted by Crippen LogP contribution is 2.42. The average molecular weight is 494 g/mol. The minimum absolute atomic E-state index is 0.101. The van der Waals surface area contributed by atoms with Gasteiger partial charge in [-0.25, -0.2) is 0 Å². The van der Waals surface area contributed by atoms with Crippen LogP contribution in [-0.4, -0.2) is 57.1 Å². The Morgan fingerprint density at radius 1 is 1.17 bits per heavy atom. The number of amides is 2. The number of piperidine rings is 1. The zero-order chi connectivity index (χ0) is 24.9. The molecule has 2 atom stereocenters. The van der Waals surface area contributed by atoms with Gasteiger partial charge >= 0.3 is 0 Å². The van der Waals surface area contributed by atoms with Crippen LogP contribution in [0, 0.1) is 11.8 Å². The molecule has 35 heavy (non-hydrogen) atoms. The highest BCUT2D eigenvalue weighted by Gasteiger charge is 2.28. The van der Waals surface area contributed by atoms with Gasteiger partial charge in [-0.1, -0.05) is 43.8 Å². The van der Waals surface area contributed by atoms with Gasteiger partial charge in [0.2, 0.25) is 0 Å². The van der Waals surface area contributed by atoms with Crippen LogP contribution in [0.4, 0.5) is 5.69 Å². The van der Waals surface area contributed by atoms with E-state index >= 15 is 0 Å². The molecule has 0 aliphatic carbocycles. The lowest BCUT2D eigenvalue weighted by atomic mass is 9.92. The van der Waals surface area contributed by atoms with Crippen molar-refractivity contribution in [2.45, 2.75) is 31.6 Å². The molecule has 2 aromatic rings. The number of nitrogens with one attached hydrogen (secondary N) is 1. The molecule has 0 aromatic heterocycles. The van der Waals surface area contributed by atoms with Crippen molar-refractivity contribution < 1.29 is 14.3 Å². The molecule has 1 saturated heterocycles. The summed E-state index contributed by atoms with van der Waals surface area (Å²) in [6.45, 7) is 8.58. The molecule has 6 nitrogen and oxygen atoms in total. The van der Waals surface area contributed by atoms with Crippen LogP contribution in [0.3, 0.4) is 0 Å². The van der Waals surface area contributed by atoms with E-state index in [0.717, 1.165) is 59.8 Å². The van der Waals surface area contributed by atoms with E-state index in [-0.39, 0.29) is 11.8 Å². The molecule has 0 bridgehead atoms. The summed E-state index contributed by atoms with van der Waals surface area (Å²) in [5, 5.41) is 3.05. The van der Waals surface area contributed by atoms with Gasteiger partial charge in [-0.15, -0.1) is 0 Å². The van der Waals surface area contributed by atoms with Crippen LogP contribution >= 0.6 is 11.8 Å². The van der Waals surface area contributed by atoms with Crippen molar-refractivity contribution in [3.63, 3.8) is 0 Å². The van der Waals surface area contributed by atoms with Crippen LogP contribution in [0.1, 0.15) is 42.6 Å². The summed E-state index contributed by atoms with van der Waals surface area (Å²) in [7, 11) is 3.37. The summed E-state index contributed by atoms with van der Waals surface area (Å²) >= 11 is 1.42. The largest absolute Gasteiger partial charge is 0.496 e. The highest BCUT2D eigenvalue weighted by molar-refractivity contribution is 8.04. The van der Waals surface area contributed by atoms with Crippen molar-refractivity contribution in [2.24, 2.45) is 11.8 Å². The standard InChI is InChI=1S/C28H35N3O3S/c1-19-14-20(2)18-31(17-19)13-7-12-29-27(32)22-10-11-25-23(15-22)30(3)28(33)26(35-25)16-21-8-5-6-9-24(21)34-4/h5-6,8-11,15-16,19-20H,7,12-14,17-18H2,1-4H3,(H,29,32)/b26-16+/t19-,20-/m1/s1. The fourth-order valence-corrected chi connectivity index (χ4v) is 6.13. The summed E-state index contributed by atoms with van der Waals surface area (Å²) in [6.07, 6.45) is 4.09. The molecule has 0 saturated carbocycles. The highest BCUT2D eigenvalue weighted by atomic mass is 32.2. The Kier molecular flexibility index (Phi) is 8.19. The van der Waals surface area contributed by atoms with Gasteiger partial charge in [0.25, 0.3) is 11.8 Å². The van der Waals surface area contributed by atoms with Gasteiger partial charge in [0.15, 0.2) is 0 Å². The molecule has 186 valence electrons. The molecule has 0 radical (unpaired) electrons. The van der Waals surface area contributed by atoms with E-state index in [1.165, 1.54) is 18.2 Å². The lowest BCUT2D eigenvalue weighted by molar-refractivity contribution is -0.114. The number of nitrogens with zero attached hydrogens (tertiary/aromatic N) is 2. The second-order valence-electron chi connectivity index (χ2n) is 9.71. The molecule has 7 heteroatoms. The van der Waals surface area contributed by atoms with Gasteiger partial charge in [0.1, 0.15) is 5.75 Å². The van der Waals surface area contributed by atoms with Gasteiger partial charge < -0.3 is 19.9 Å². The third-order valence-electron chi connectivity index (χ3n) is 6.62. The first-order valence-electron chi connectivity index (χ1n) is 12.3. The molecule has 1 N–H and O–H groups in total. The normalized spacial score (nSPS) is 21.7. The molecule has 4 rings (SSSR count). The number of likely N-dealkylation sites (tertiary alicyclic amines) is 1. The molecular weight excluding hydrogens is 458 g/mol. The fourth-order valence-electron chi connectivity index (χ4n) is 5.04. The molecule has 2 aromatic carbocycles. The summed E-state index contributed by atoms with van der Waals surface area (Å²) in [5.74, 6) is 2.00. The molecule has 1 fully saturated rings. The minimum atomic E-state index is -0.102. The van der Waals surface area contributed by atoms with E-state index < -0.39 is 0 Å². The van der Waals surface area contributed by atoms with E-state index in [2.05, 4.69) is 24.1 Å². The second kappa shape index (κ2) is 11.3. The van der Waals surface area contributed by atoms with Crippen LogP contribution < -0.4 is 15.0 Å². The minimum Gasteiger partial charge on any atom is -0.496 e. The number of carbonyl (C=O) groups is 2. The Hall–Kier alpha value is -2.77. The number of carbonyl (C=O) groups excluding carboxylic acids is 2. The number of thioether (sulfide) groups is 1. The molecule has 2 heterocycles. The van der Waals surface area contributed by atoms with Crippen molar-refractivity contribution in [3.8, 4) is 5.75 Å². The van der Waals surface area contributed by atoms with Crippen molar-refractivity contribution >= 4 is 35.3 Å². The first-order chi connectivity index (χ1) is 16.9. The van der Waals surface area contributed by atoms with Crippen LogP contribution in [0.15, 0.2) is 52.3 Å². The Morgan fingerprint density at radius 2 is 1.91 bits per heavy atom. The maximum atomic E-state index is 13.1. The number of hydrogen-bond acceptors (Lipinski definition) is 5. The molecule has 2 amide bonds. The van der Waals surface area contributed by atoms with Gasteiger partial charge in [0.05, 0.1) is 17.7 Å². The SMILES string of the molecule is COc1ccccc1/C=C1/Sc2ccc(C(=O)NCCCN3C[C@H](C)C[C@@H](C)C3)cc2N(C)C1=O. The third kappa shape index (κ3) is 6.08. The van der Waals surface area contributed by atoms with Gasteiger partial charge in [-0.05, 0) is 61.6 Å². The molecular formula is C28H35N3O3S. The number of fused-ring (bicyclic) bond motifs is 1. The number of rotatable bonds is 7. The molecule has 2 aliphatic rings. The third-order valence-corrected chi connectivity index (χ3v) is 7.70. The summed E-state index contributed by atoms with van der Waals surface area (Å²) in [4.78, 5) is 31.5. The Balaban J connectivity index is 1.38. The first-order valence-corrected chi connectivity index (χ1v) is 13.1. The zero-order valence-corrected chi connectivity index (χ0v) is 21.9. The van der Waals surface area contributed by atoms with E-state index in [0.29, 0.717) is 17.0 Å². The number of benzene rings is 2. The maximum Gasteiger partial charge on any atom is 0.264 e. The number of hydrogen-bond donors (Lipinski definition) is 1. The van der Waals surface area contributed by atoms with Gasteiger partial charge in [0, 0.05) is 42.7 Å². The topological polar surface area (TPSA) is 61.9 Å². The Morgan fingerprint density at radius 3 is 2.66 bits per heavy atom. The smallest absolute Gasteiger partial charge is 0.264 e. The summed E-state index contributed by atoms with van der Waals surface area (Å²) in [6, 6.07) is 13.2. The van der Waals surface area contributed by atoms with Gasteiger partial charge in [-0.2, -0.15) is 0 Å². The van der Waals surface area contributed by atoms with Crippen LogP contribution in [0.5, 0.6) is 5.75 Å². The molecule has 2 aliphatic heterocycles. The van der Waals surface area contributed by atoms with Crippen molar-refractivity contribution in [1.82, 2.24) is 10.2 Å². The van der Waals surface area contributed by atoms with Crippen molar-refractivity contribution in [2.75, 3.05) is 45.2 Å². The number of ether oxygens (including phenoxy) is 1. The summed E-state index contributed by atoms with van der Waals surface area (Å²) in [5.41, 5.74) is 2.18. The fraction of sp³-hybridized carbons (Fsp3) is 0.429. The van der Waals surface area contributed by atoms with Crippen molar-refractivity contribution in [3.05, 3.63) is 58.5 Å². The predicted octanol–water partition coefficient (Wildman–Crippen LogP) is 4.90. The number of para-hydroxylation sites is 1. The monoisotopic (exact) mass is 493 g/mol. The number of methoxy groups -OCH3 is 1. The van der Waals surface area contributed by atoms with Crippen LogP contribution in [0.25, 0.3) is 6.08 Å².